The van der Waals surface area contributed by atoms with Gasteiger partial charge in [0, 0.05) is 6.54 Å². The summed E-state index contributed by atoms with van der Waals surface area (Å²) in [5, 5.41) is 0. The van der Waals surface area contributed by atoms with E-state index in [-0.39, 0.29) is 24.2 Å². The van der Waals surface area contributed by atoms with E-state index in [0.717, 1.165) is 19.4 Å². The minimum absolute atomic E-state index is 0.0984. The lowest BCUT2D eigenvalue weighted by Crippen LogP contribution is -2.36. The molecule has 0 spiro atoms. The largest absolute Gasteiger partial charge is 0.366 e. The molecular formula is C16H23NO2. The van der Waals surface area contributed by atoms with Crippen molar-refractivity contribution in [2.24, 2.45) is 0 Å². The molecule has 3 nitrogen and oxygen atoms in total. The van der Waals surface area contributed by atoms with E-state index in [2.05, 4.69) is 12.1 Å². The van der Waals surface area contributed by atoms with Crippen molar-refractivity contribution < 1.29 is 9.53 Å². The van der Waals surface area contributed by atoms with Crippen molar-refractivity contribution in [3.8, 4) is 0 Å². The lowest BCUT2D eigenvalue weighted by atomic mass is 10.0. The molecule has 1 aromatic carbocycles. The summed E-state index contributed by atoms with van der Waals surface area (Å²) in [6.07, 6.45) is 2.12. The van der Waals surface area contributed by atoms with E-state index in [4.69, 9.17) is 4.74 Å². The summed E-state index contributed by atoms with van der Waals surface area (Å²) >= 11 is 0. The summed E-state index contributed by atoms with van der Waals surface area (Å²) in [6.45, 7) is 6.93. The molecule has 19 heavy (non-hydrogen) atoms. The van der Waals surface area contributed by atoms with Crippen molar-refractivity contribution in [2.75, 3.05) is 13.2 Å². The zero-order valence-corrected chi connectivity index (χ0v) is 12.1. The van der Waals surface area contributed by atoms with Crippen LogP contribution >= 0.6 is 0 Å². The Morgan fingerprint density at radius 3 is 2.63 bits per heavy atom. The van der Waals surface area contributed by atoms with Crippen LogP contribution in [0.1, 0.15) is 45.2 Å². The highest BCUT2D eigenvalue weighted by Crippen LogP contribution is 2.31. The fourth-order valence-corrected chi connectivity index (χ4v) is 2.45. The van der Waals surface area contributed by atoms with Crippen LogP contribution in [0, 0.1) is 0 Å². The predicted molar refractivity (Wildman–Crippen MR) is 75.8 cm³/mol. The second-order valence-corrected chi connectivity index (χ2v) is 6.06. The van der Waals surface area contributed by atoms with Gasteiger partial charge in [0.2, 0.25) is 5.91 Å². The number of ether oxygens (including phenoxy) is 1. The summed E-state index contributed by atoms with van der Waals surface area (Å²) in [5.41, 5.74) is 0.960. The molecule has 0 N–H and O–H groups in total. The van der Waals surface area contributed by atoms with Crippen LogP contribution in [0.4, 0.5) is 0 Å². The number of nitrogens with zero attached hydrogens (tertiary/aromatic N) is 1. The maximum absolute atomic E-state index is 12.3. The maximum Gasteiger partial charge on any atom is 0.249 e. The Bertz CT molecular complexity index is 422. The first-order chi connectivity index (χ1) is 8.97. The molecule has 1 aliphatic rings. The van der Waals surface area contributed by atoms with Crippen molar-refractivity contribution in [2.45, 2.75) is 45.3 Å². The van der Waals surface area contributed by atoms with Gasteiger partial charge in [0.05, 0.1) is 11.6 Å². The average molecular weight is 261 g/mol. The third kappa shape index (κ3) is 3.80. The average Bonchev–Trinajstić information content (AvgIpc) is 2.85. The Hall–Kier alpha value is -1.35. The SMILES string of the molecule is CC(C)(C)OCC(=O)N1CCCC1c1ccccc1. The van der Waals surface area contributed by atoms with Crippen LogP contribution < -0.4 is 0 Å². The molecule has 2 rings (SSSR count). The maximum atomic E-state index is 12.3. The quantitative estimate of drug-likeness (QED) is 0.836. The van der Waals surface area contributed by atoms with E-state index >= 15 is 0 Å². The van der Waals surface area contributed by atoms with Crippen LogP contribution in [-0.2, 0) is 9.53 Å². The van der Waals surface area contributed by atoms with Crippen LogP contribution in [0.2, 0.25) is 0 Å². The fourth-order valence-electron chi connectivity index (χ4n) is 2.45. The van der Waals surface area contributed by atoms with Gasteiger partial charge in [-0.2, -0.15) is 0 Å². The smallest absolute Gasteiger partial charge is 0.249 e. The molecule has 1 aromatic rings. The normalized spacial score (nSPS) is 19.7. The second-order valence-electron chi connectivity index (χ2n) is 6.06. The van der Waals surface area contributed by atoms with Crippen molar-refractivity contribution in [3.05, 3.63) is 35.9 Å². The molecule has 0 bridgehead atoms. The number of carbonyl (C=O) groups excluding carboxylic acids is 1. The highest BCUT2D eigenvalue weighted by molar-refractivity contribution is 5.78. The summed E-state index contributed by atoms with van der Waals surface area (Å²) in [5.74, 6) is 0.0984. The molecule has 3 heteroatoms. The van der Waals surface area contributed by atoms with Crippen LogP contribution in [0.5, 0.6) is 0 Å². The highest BCUT2D eigenvalue weighted by Gasteiger charge is 2.30. The summed E-state index contributed by atoms with van der Waals surface area (Å²) in [6, 6.07) is 10.5. The molecule has 0 aliphatic carbocycles. The first-order valence-corrected chi connectivity index (χ1v) is 6.96. The van der Waals surface area contributed by atoms with Crippen LogP contribution in [-0.4, -0.2) is 29.6 Å². The van der Waals surface area contributed by atoms with Gasteiger partial charge in [0.25, 0.3) is 0 Å². The van der Waals surface area contributed by atoms with Gasteiger partial charge in [0.15, 0.2) is 0 Å². The molecule has 0 radical (unpaired) electrons. The van der Waals surface area contributed by atoms with E-state index in [1.165, 1.54) is 5.56 Å². The molecule has 1 aliphatic heterocycles. The number of hydrogen-bond donors (Lipinski definition) is 0. The number of benzene rings is 1. The van der Waals surface area contributed by atoms with Crippen molar-refractivity contribution in [1.29, 1.82) is 0 Å². The van der Waals surface area contributed by atoms with Crippen molar-refractivity contribution >= 4 is 5.91 Å². The third-order valence-corrected chi connectivity index (χ3v) is 3.39. The van der Waals surface area contributed by atoms with Gasteiger partial charge in [-0.1, -0.05) is 30.3 Å². The van der Waals surface area contributed by atoms with Crippen LogP contribution in [0.3, 0.4) is 0 Å². The number of carbonyl (C=O) groups is 1. The number of likely N-dealkylation sites (tertiary alicyclic amines) is 1. The molecule has 1 heterocycles. The summed E-state index contributed by atoms with van der Waals surface area (Å²) in [7, 11) is 0. The zero-order chi connectivity index (χ0) is 13.9. The Labute approximate surface area is 115 Å². The van der Waals surface area contributed by atoms with Crippen molar-refractivity contribution in [3.63, 3.8) is 0 Å². The van der Waals surface area contributed by atoms with E-state index in [1.807, 2.05) is 43.9 Å². The van der Waals surface area contributed by atoms with Gasteiger partial charge in [-0.05, 0) is 39.2 Å². The fraction of sp³-hybridized carbons (Fsp3) is 0.562. The van der Waals surface area contributed by atoms with Gasteiger partial charge >= 0.3 is 0 Å². The number of hydrogen-bond acceptors (Lipinski definition) is 2. The molecule has 104 valence electrons. The molecule has 0 saturated carbocycles. The van der Waals surface area contributed by atoms with Gasteiger partial charge in [-0.15, -0.1) is 0 Å². The highest BCUT2D eigenvalue weighted by atomic mass is 16.5. The molecule has 0 aromatic heterocycles. The van der Waals surface area contributed by atoms with Gasteiger partial charge in [-0.3, -0.25) is 4.79 Å². The topological polar surface area (TPSA) is 29.5 Å². The first-order valence-electron chi connectivity index (χ1n) is 6.96. The third-order valence-electron chi connectivity index (χ3n) is 3.39. The Morgan fingerprint density at radius 2 is 2.00 bits per heavy atom. The standard InChI is InChI=1S/C16H23NO2/c1-16(2,3)19-12-15(18)17-11-7-10-14(17)13-8-5-4-6-9-13/h4-6,8-9,14H,7,10-12H2,1-3H3. The van der Waals surface area contributed by atoms with E-state index < -0.39 is 0 Å². The molecule has 1 atom stereocenters. The molecule has 1 fully saturated rings. The van der Waals surface area contributed by atoms with Crippen LogP contribution in [0.15, 0.2) is 30.3 Å². The molecule has 1 amide bonds. The Balaban J connectivity index is 2.01. The Kier molecular flexibility index (Phi) is 4.25. The lowest BCUT2D eigenvalue weighted by molar-refractivity contribution is -0.142. The Morgan fingerprint density at radius 1 is 1.32 bits per heavy atom. The molecule has 1 saturated heterocycles. The predicted octanol–water partition coefficient (Wildman–Crippen LogP) is 3.17. The lowest BCUT2D eigenvalue weighted by Gasteiger charge is -2.27. The van der Waals surface area contributed by atoms with Crippen LogP contribution in [0.25, 0.3) is 0 Å². The van der Waals surface area contributed by atoms with Crippen molar-refractivity contribution in [1.82, 2.24) is 4.90 Å². The van der Waals surface area contributed by atoms with Gasteiger partial charge in [-0.25, -0.2) is 0 Å². The molecular weight excluding hydrogens is 238 g/mol. The minimum atomic E-state index is -0.266. The van der Waals surface area contributed by atoms with E-state index in [0.29, 0.717) is 0 Å². The second kappa shape index (κ2) is 5.74. The monoisotopic (exact) mass is 261 g/mol. The number of amides is 1. The molecule has 1 unspecified atom stereocenters. The van der Waals surface area contributed by atoms with Gasteiger partial charge in [0.1, 0.15) is 6.61 Å². The zero-order valence-electron chi connectivity index (χ0n) is 12.1. The summed E-state index contributed by atoms with van der Waals surface area (Å²) in [4.78, 5) is 14.2. The first kappa shape index (κ1) is 14.1. The van der Waals surface area contributed by atoms with E-state index in [9.17, 15) is 4.79 Å². The number of rotatable bonds is 3. The van der Waals surface area contributed by atoms with E-state index in [1.54, 1.807) is 0 Å². The summed E-state index contributed by atoms with van der Waals surface area (Å²) < 4.78 is 5.60. The minimum Gasteiger partial charge on any atom is -0.366 e. The van der Waals surface area contributed by atoms with Gasteiger partial charge < -0.3 is 9.64 Å².